The van der Waals surface area contributed by atoms with Gasteiger partial charge in [0.15, 0.2) is 0 Å². The molecule has 2 heterocycles. The minimum absolute atomic E-state index is 0.0831. The van der Waals surface area contributed by atoms with E-state index in [1.54, 1.807) is 0 Å². The lowest BCUT2D eigenvalue weighted by Gasteiger charge is -2.27. The van der Waals surface area contributed by atoms with Crippen LogP contribution in [0, 0.1) is 0 Å². The van der Waals surface area contributed by atoms with Crippen molar-refractivity contribution in [2.24, 2.45) is 0 Å². The van der Waals surface area contributed by atoms with Crippen LogP contribution in [0.2, 0.25) is 0 Å². The number of hydrogen-bond acceptors (Lipinski definition) is 3. The van der Waals surface area contributed by atoms with Crippen LogP contribution in [0.15, 0.2) is 24.3 Å². The molecule has 1 fully saturated rings. The molecule has 0 N–H and O–H groups in total. The van der Waals surface area contributed by atoms with Gasteiger partial charge in [0.25, 0.3) is 0 Å². The van der Waals surface area contributed by atoms with Crippen molar-refractivity contribution < 1.29 is 9.53 Å². The van der Waals surface area contributed by atoms with E-state index in [2.05, 4.69) is 35.2 Å². The van der Waals surface area contributed by atoms with Gasteiger partial charge in [-0.3, -0.25) is 0 Å². The Hall–Kier alpha value is -1.77. The third kappa shape index (κ3) is 1.70. The van der Waals surface area contributed by atoms with Gasteiger partial charge >= 0.3 is 5.97 Å². The van der Waals surface area contributed by atoms with E-state index >= 15 is 0 Å². The van der Waals surface area contributed by atoms with Gasteiger partial charge in [0.2, 0.25) is 0 Å². The number of fused-ring (bicyclic) bond motifs is 2. The van der Waals surface area contributed by atoms with Crippen molar-refractivity contribution in [3.05, 3.63) is 34.7 Å². The smallest absolute Gasteiger partial charge is 0.328 e. The molecule has 18 heavy (non-hydrogen) atoms. The summed E-state index contributed by atoms with van der Waals surface area (Å²) in [6.07, 6.45) is 4.03. The maximum Gasteiger partial charge on any atom is 0.328 e. The van der Waals surface area contributed by atoms with Crippen molar-refractivity contribution in [2.45, 2.75) is 25.8 Å². The molecule has 1 unspecified atom stereocenters. The molecule has 0 aromatic heterocycles. The molecule has 0 aliphatic carbocycles. The second kappa shape index (κ2) is 4.48. The highest BCUT2D eigenvalue weighted by atomic mass is 16.5. The molecule has 3 heteroatoms. The molecule has 0 amide bonds. The number of carbonyl (C=O) groups is 1. The molecule has 1 aromatic carbocycles. The highest BCUT2D eigenvalue weighted by Crippen LogP contribution is 2.28. The summed E-state index contributed by atoms with van der Waals surface area (Å²) in [5.74, 6) is -0.0831. The molecule has 0 spiro atoms. The van der Waals surface area contributed by atoms with Gasteiger partial charge in [0.1, 0.15) is 6.04 Å². The average molecular weight is 243 g/mol. The van der Waals surface area contributed by atoms with Crippen LogP contribution in [0.4, 0.5) is 0 Å². The molecule has 1 saturated heterocycles. The Morgan fingerprint density at radius 2 is 2.28 bits per heavy atom. The van der Waals surface area contributed by atoms with Crippen molar-refractivity contribution in [2.75, 3.05) is 13.2 Å². The van der Waals surface area contributed by atoms with Gasteiger partial charge in [0.05, 0.1) is 6.61 Å². The van der Waals surface area contributed by atoms with Crippen molar-refractivity contribution in [1.82, 2.24) is 4.90 Å². The molecule has 1 aromatic rings. The fraction of sp³-hybridized carbons (Fsp3) is 0.400. The van der Waals surface area contributed by atoms with E-state index in [9.17, 15) is 4.79 Å². The minimum Gasteiger partial charge on any atom is -0.464 e. The van der Waals surface area contributed by atoms with Crippen molar-refractivity contribution in [1.29, 1.82) is 0 Å². The summed E-state index contributed by atoms with van der Waals surface area (Å²) in [7, 11) is 0. The van der Waals surface area contributed by atoms with Crippen molar-refractivity contribution >= 4 is 17.7 Å². The van der Waals surface area contributed by atoms with Crippen LogP contribution in [0.25, 0.3) is 11.8 Å². The molecule has 1 atom stereocenters. The molecule has 2 aliphatic rings. The van der Waals surface area contributed by atoms with Crippen LogP contribution in [0.5, 0.6) is 0 Å². The van der Waals surface area contributed by atoms with Gasteiger partial charge in [-0.15, -0.1) is 0 Å². The van der Waals surface area contributed by atoms with Crippen LogP contribution < -0.4 is 10.4 Å². The van der Waals surface area contributed by atoms with E-state index in [0.29, 0.717) is 6.61 Å². The van der Waals surface area contributed by atoms with E-state index in [0.717, 1.165) is 19.4 Å². The first-order valence-electron chi connectivity index (χ1n) is 6.53. The largest absolute Gasteiger partial charge is 0.464 e. The molecular formula is C15H17NO2. The number of carbonyl (C=O) groups excluding carboxylic acids is 1. The molecule has 3 nitrogen and oxygen atoms in total. The molecular weight excluding hydrogens is 226 g/mol. The van der Waals surface area contributed by atoms with Crippen LogP contribution >= 0.6 is 0 Å². The van der Waals surface area contributed by atoms with Crippen LogP contribution in [0.3, 0.4) is 0 Å². The lowest BCUT2D eigenvalue weighted by atomic mass is 10.1. The third-order valence-corrected chi connectivity index (χ3v) is 3.72. The first-order chi connectivity index (χ1) is 8.81. The normalized spacial score (nSPS) is 21.1. The first-order valence-corrected chi connectivity index (χ1v) is 6.53. The van der Waals surface area contributed by atoms with Crippen LogP contribution in [0.1, 0.15) is 19.8 Å². The summed E-state index contributed by atoms with van der Waals surface area (Å²) in [5.41, 5.74) is 1.30. The summed E-state index contributed by atoms with van der Waals surface area (Å²) in [6, 6.07) is 8.30. The van der Waals surface area contributed by atoms with Crippen LogP contribution in [-0.2, 0) is 9.53 Å². The molecule has 3 rings (SSSR count). The monoisotopic (exact) mass is 243 g/mol. The maximum absolute atomic E-state index is 11.9. The lowest BCUT2D eigenvalue weighted by Crippen LogP contribution is -2.43. The molecule has 0 bridgehead atoms. The Morgan fingerprint density at radius 3 is 3.11 bits per heavy atom. The zero-order valence-corrected chi connectivity index (χ0v) is 10.6. The quantitative estimate of drug-likeness (QED) is 0.713. The van der Waals surface area contributed by atoms with Gasteiger partial charge in [-0.1, -0.05) is 30.3 Å². The Labute approximate surface area is 106 Å². The van der Waals surface area contributed by atoms with Gasteiger partial charge in [-0.25, -0.2) is 4.79 Å². The zero-order valence-electron chi connectivity index (χ0n) is 10.6. The van der Waals surface area contributed by atoms with Gasteiger partial charge in [-0.2, -0.15) is 0 Å². The van der Waals surface area contributed by atoms with Gasteiger partial charge < -0.3 is 9.64 Å². The summed E-state index contributed by atoms with van der Waals surface area (Å²) >= 11 is 0. The fourth-order valence-electron chi connectivity index (χ4n) is 2.91. The SMILES string of the molecule is CCOC(=O)C1CCC2=c3ccccc3=CCN21. The highest BCUT2D eigenvalue weighted by Gasteiger charge is 2.35. The van der Waals surface area contributed by atoms with E-state index in [-0.39, 0.29) is 12.0 Å². The standard InChI is InChI=1S/C15H17NO2/c1-2-18-15(17)14-8-7-13-12-6-4-3-5-11(12)9-10-16(13)14/h3-6,9,14H,2,7-8,10H2,1H3. The van der Waals surface area contributed by atoms with Crippen LogP contribution in [-0.4, -0.2) is 30.1 Å². The molecule has 0 saturated carbocycles. The first kappa shape index (κ1) is 11.3. The predicted molar refractivity (Wildman–Crippen MR) is 69.9 cm³/mol. The summed E-state index contributed by atoms with van der Waals surface area (Å²) in [5, 5.41) is 2.56. The van der Waals surface area contributed by atoms with Gasteiger partial charge in [0, 0.05) is 17.5 Å². The lowest BCUT2D eigenvalue weighted by molar-refractivity contribution is -0.147. The Morgan fingerprint density at radius 1 is 1.44 bits per heavy atom. The molecule has 0 radical (unpaired) electrons. The number of nitrogens with zero attached hydrogens (tertiary/aromatic N) is 1. The fourth-order valence-corrected chi connectivity index (χ4v) is 2.91. The Bertz CT molecular complexity index is 591. The van der Waals surface area contributed by atoms with Crippen molar-refractivity contribution in [3.63, 3.8) is 0 Å². The van der Waals surface area contributed by atoms with E-state index in [1.807, 2.05) is 6.92 Å². The number of ether oxygens (including phenoxy) is 1. The Balaban J connectivity index is 2.00. The summed E-state index contributed by atoms with van der Waals surface area (Å²) in [4.78, 5) is 14.1. The molecule has 2 aliphatic heterocycles. The van der Waals surface area contributed by atoms with E-state index in [4.69, 9.17) is 4.74 Å². The number of rotatable bonds is 2. The minimum atomic E-state index is -0.0930. The van der Waals surface area contributed by atoms with E-state index in [1.165, 1.54) is 16.1 Å². The summed E-state index contributed by atoms with van der Waals surface area (Å²) in [6.45, 7) is 3.13. The second-order valence-electron chi connectivity index (χ2n) is 4.70. The van der Waals surface area contributed by atoms with Crippen molar-refractivity contribution in [3.8, 4) is 0 Å². The number of esters is 1. The Kier molecular flexibility index (Phi) is 2.82. The third-order valence-electron chi connectivity index (χ3n) is 3.72. The van der Waals surface area contributed by atoms with Gasteiger partial charge in [-0.05, 0) is 25.0 Å². The van der Waals surface area contributed by atoms with E-state index < -0.39 is 0 Å². The summed E-state index contributed by atoms with van der Waals surface area (Å²) < 4.78 is 5.15. The number of benzene rings is 1. The zero-order chi connectivity index (χ0) is 12.5. The maximum atomic E-state index is 11.9. The highest BCUT2D eigenvalue weighted by molar-refractivity contribution is 5.79. The number of hydrogen-bond donors (Lipinski definition) is 0. The predicted octanol–water partition coefficient (Wildman–Crippen LogP) is 0.616. The average Bonchev–Trinajstić information content (AvgIpc) is 2.83. The topological polar surface area (TPSA) is 29.5 Å². The second-order valence-corrected chi connectivity index (χ2v) is 4.70. The molecule has 94 valence electrons.